The van der Waals surface area contributed by atoms with Crippen molar-refractivity contribution >= 4 is 29.2 Å². The zero-order chi connectivity index (χ0) is 15.9. The SMILES string of the molecule is Nc1nc2c(N3CCCC(C(=O)O)C3)ccc(C(=O)O)n2n1. The minimum absolute atomic E-state index is 0.0262. The lowest BCUT2D eigenvalue weighted by Gasteiger charge is -2.32. The van der Waals surface area contributed by atoms with E-state index in [9.17, 15) is 19.8 Å². The summed E-state index contributed by atoms with van der Waals surface area (Å²) >= 11 is 0. The molecular formula is C13H15N5O4. The highest BCUT2D eigenvalue weighted by Crippen LogP contribution is 2.27. The van der Waals surface area contributed by atoms with E-state index in [0.29, 0.717) is 30.8 Å². The first-order chi connectivity index (χ1) is 10.5. The molecule has 3 heterocycles. The highest BCUT2D eigenvalue weighted by atomic mass is 16.4. The van der Waals surface area contributed by atoms with Crippen LogP contribution in [-0.4, -0.2) is 49.8 Å². The number of hydrogen-bond donors (Lipinski definition) is 3. The maximum atomic E-state index is 11.2. The molecule has 1 atom stereocenters. The first-order valence-corrected chi connectivity index (χ1v) is 6.83. The Kier molecular flexibility index (Phi) is 3.32. The molecule has 4 N–H and O–H groups in total. The number of aromatic nitrogens is 3. The predicted octanol–water partition coefficient (Wildman–Crippen LogP) is 0.311. The number of pyridine rings is 1. The third kappa shape index (κ3) is 2.30. The quantitative estimate of drug-likeness (QED) is 0.737. The van der Waals surface area contributed by atoms with Crippen LogP contribution in [0.2, 0.25) is 0 Å². The zero-order valence-electron chi connectivity index (χ0n) is 11.6. The van der Waals surface area contributed by atoms with Crippen molar-refractivity contribution in [3.05, 3.63) is 17.8 Å². The number of carboxylic acids is 2. The molecule has 116 valence electrons. The Morgan fingerprint density at radius 1 is 1.32 bits per heavy atom. The lowest BCUT2D eigenvalue weighted by Crippen LogP contribution is -2.39. The fraction of sp³-hybridized carbons (Fsp3) is 0.385. The number of carbonyl (C=O) groups is 2. The molecule has 22 heavy (non-hydrogen) atoms. The largest absolute Gasteiger partial charge is 0.481 e. The van der Waals surface area contributed by atoms with E-state index in [-0.39, 0.29) is 11.6 Å². The van der Waals surface area contributed by atoms with Crippen LogP contribution in [0.5, 0.6) is 0 Å². The van der Waals surface area contributed by atoms with Crippen LogP contribution >= 0.6 is 0 Å². The van der Waals surface area contributed by atoms with Gasteiger partial charge in [-0.2, -0.15) is 4.98 Å². The average molecular weight is 305 g/mol. The number of hydrogen-bond acceptors (Lipinski definition) is 6. The topological polar surface area (TPSA) is 134 Å². The van der Waals surface area contributed by atoms with E-state index in [1.807, 2.05) is 4.90 Å². The second-order valence-corrected chi connectivity index (χ2v) is 5.24. The fourth-order valence-electron chi connectivity index (χ4n) is 2.77. The van der Waals surface area contributed by atoms with Crippen LogP contribution in [0.15, 0.2) is 12.1 Å². The van der Waals surface area contributed by atoms with Crippen molar-refractivity contribution in [3.63, 3.8) is 0 Å². The number of piperidine rings is 1. The molecule has 0 saturated carbocycles. The number of fused-ring (bicyclic) bond motifs is 1. The molecule has 1 saturated heterocycles. The standard InChI is InChI=1S/C13H15N5O4/c14-13-15-10-8(3-4-9(12(21)22)18(10)16-13)17-5-1-2-7(6-17)11(19)20/h3-4,7H,1-2,5-6H2,(H2,14,16)(H,19,20)(H,21,22). The van der Waals surface area contributed by atoms with E-state index in [1.54, 1.807) is 6.07 Å². The molecule has 0 spiro atoms. The number of carboxylic acid groups (broad SMARTS) is 2. The maximum Gasteiger partial charge on any atom is 0.354 e. The summed E-state index contributed by atoms with van der Waals surface area (Å²) in [6.07, 6.45) is 1.37. The normalized spacial score (nSPS) is 18.5. The van der Waals surface area contributed by atoms with Crippen LogP contribution in [0.4, 0.5) is 11.6 Å². The van der Waals surface area contributed by atoms with Gasteiger partial charge in [-0.1, -0.05) is 0 Å². The molecular weight excluding hydrogens is 290 g/mol. The minimum Gasteiger partial charge on any atom is -0.481 e. The number of nitrogens with zero attached hydrogens (tertiary/aromatic N) is 4. The number of nitrogens with two attached hydrogens (primary N) is 1. The third-order valence-corrected chi connectivity index (χ3v) is 3.81. The summed E-state index contributed by atoms with van der Waals surface area (Å²) in [7, 11) is 0. The van der Waals surface area contributed by atoms with Crippen LogP contribution in [0, 0.1) is 5.92 Å². The van der Waals surface area contributed by atoms with Crippen LogP contribution in [0.3, 0.4) is 0 Å². The number of anilines is 2. The summed E-state index contributed by atoms with van der Waals surface area (Å²) in [6, 6.07) is 3.04. The van der Waals surface area contributed by atoms with Gasteiger partial charge in [-0.05, 0) is 25.0 Å². The Hall–Kier alpha value is -2.84. The molecule has 2 aromatic rings. The molecule has 3 rings (SSSR count). The first kappa shape index (κ1) is 14.1. The highest BCUT2D eigenvalue weighted by Gasteiger charge is 2.27. The Balaban J connectivity index is 2.06. The number of rotatable bonds is 3. The highest BCUT2D eigenvalue weighted by molar-refractivity contribution is 5.88. The fourth-order valence-corrected chi connectivity index (χ4v) is 2.77. The monoisotopic (exact) mass is 305 g/mol. The molecule has 0 radical (unpaired) electrons. The van der Waals surface area contributed by atoms with Crippen molar-refractivity contribution in [3.8, 4) is 0 Å². The van der Waals surface area contributed by atoms with Gasteiger partial charge < -0.3 is 20.8 Å². The molecule has 1 aliphatic rings. The van der Waals surface area contributed by atoms with Crippen molar-refractivity contribution < 1.29 is 19.8 Å². The lowest BCUT2D eigenvalue weighted by molar-refractivity contribution is -0.141. The van der Waals surface area contributed by atoms with Crippen LogP contribution in [0.1, 0.15) is 23.3 Å². The Morgan fingerprint density at radius 2 is 2.09 bits per heavy atom. The number of nitrogen functional groups attached to an aromatic ring is 1. The van der Waals surface area contributed by atoms with Gasteiger partial charge in [0, 0.05) is 13.1 Å². The lowest BCUT2D eigenvalue weighted by atomic mass is 9.98. The molecule has 0 aromatic carbocycles. The van der Waals surface area contributed by atoms with Crippen molar-refractivity contribution in [2.45, 2.75) is 12.8 Å². The van der Waals surface area contributed by atoms with Crippen LogP contribution < -0.4 is 10.6 Å². The van der Waals surface area contributed by atoms with Gasteiger partial charge in [0.15, 0.2) is 11.3 Å². The first-order valence-electron chi connectivity index (χ1n) is 6.83. The smallest absolute Gasteiger partial charge is 0.354 e. The van der Waals surface area contributed by atoms with Crippen LogP contribution in [-0.2, 0) is 4.79 Å². The van der Waals surface area contributed by atoms with E-state index >= 15 is 0 Å². The van der Waals surface area contributed by atoms with Gasteiger partial charge in [0.1, 0.15) is 0 Å². The van der Waals surface area contributed by atoms with Crippen molar-refractivity contribution in [1.82, 2.24) is 14.6 Å². The number of aromatic carboxylic acids is 1. The van der Waals surface area contributed by atoms with Crippen molar-refractivity contribution in [1.29, 1.82) is 0 Å². The molecule has 0 amide bonds. The average Bonchev–Trinajstić information content (AvgIpc) is 2.87. The third-order valence-electron chi connectivity index (χ3n) is 3.81. The van der Waals surface area contributed by atoms with Crippen molar-refractivity contribution in [2.24, 2.45) is 5.92 Å². The summed E-state index contributed by atoms with van der Waals surface area (Å²) in [5.41, 5.74) is 6.50. The number of aliphatic carboxylic acids is 1. The maximum absolute atomic E-state index is 11.2. The van der Waals surface area contributed by atoms with Gasteiger partial charge in [-0.3, -0.25) is 4.79 Å². The van der Waals surface area contributed by atoms with Gasteiger partial charge >= 0.3 is 11.9 Å². The molecule has 1 fully saturated rings. The molecule has 2 aromatic heterocycles. The second-order valence-electron chi connectivity index (χ2n) is 5.24. The molecule has 9 heteroatoms. The van der Waals surface area contributed by atoms with E-state index in [4.69, 9.17) is 5.73 Å². The Labute approximate surface area is 125 Å². The van der Waals surface area contributed by atoms with Gasteiger partial charge in [0.25, 0.3) is 0 Å². The van der Waals surface area contributed by atoms with Gasteiger partial charge in [0.2, 0.25) is 5.95 Å². The molecule has 0 aliphatic carbocycles. The van der Waals surface area contributed by atoms with Crippen molar-refractivity contribution in [2.75, 3.05) is 23.7 Å². The summed E-state index contributed by atoms with van der Waals surface area (Å²) < 4.78 is 1.18. The minimum atomic E-state index is -1.14. The van der Waals surface area contributed by atoms with E-state index in [0.717, 1.165) is 6.42 Å². The summed E-state index contributed by atoms with van der Waals surface area (Å²) in [5, 5.41) is 22.3. The molecule has 0 bridgehead atoms. The van der Waals surface area contributed by atoms with Crippen LogP contribution in [0.25, 0.3) is 5.65 Å². The van der Waals surface area contributed by atoms with E-state index in [1.165, 1.54) is 10.6 Å². The second kappa shape index (κ2) is 5.17. The Bertz CT molecular complexity index is 756. The van der Waals surface area contributed by atoms with Gasteiger partial charge in [-0.15, -0.1) is 5.10 Å². The zero-order valence-corrected chi connectivity index (χ0v) is 11.6. The van der Waals surface area contributed by atoms with Gasteiger partial charge in [0.05, 0.1) is 11.6 Å². The van der Waals surface area contributed by atoms with E-state index in [2.05, 4.69) is 10.1 Å². The summed E-state index contributed by atoms with van der Waals surface area (Å²) in [4.78, 5) is 28.4. The van der Waals surface area contributed by atoms with E-state index < -0.39 is 17.9 Å². The predicted molar refractivity (Wildman–Crippen MR) is 76.9 cm³/mol. The molecule has 1 unspecified atom stereocenters. The van der Waals surface area contributed by atoms with Gasteiger partial charge in [-0.25, -0.2) is 9.31 Å². The summed E-state index contributed by atoms with van der Waals surface area (Å²) in [5.74, 6) is -2.44. The Morgan fingerprint density at radius 3 is 2.77 bits per heavy atom. The summed E-state index contributed by atoms with van der Waals surface area (Å²) in [6.45, 7) is 1.03. The molecule has 1 aliphatic heterocycles. The molecule has 9 nitrogen and oxygen atoms in total.